The van der Waals surface area contributed by atoms with Gasteiger partial charge in [0.05, 0.1) is 4.99 Å². The molecule has 0 radical (unpaired) electrons. The Morgan fingerprint density at radius 1 is 1.45 bits per heavy atom. The van der Waals surface area contributed by atoms with Crippen LogP contribution in [-0.4, -0.2) is 12.0 Å². The molecule has 1 fully saturated rings. The third kappa shape index (κ3) is 3.19. The van der Waals surface area contributed by atoms with E-state index in [1.54, 1.807) is 0 Å². The second-order valence-electron chi connectivity index (χ2n) is 3.36. The zero-order chi connectivity index (χ0) is 8.10. The van der Waals surface area contributed by atoms with Gasteiger partial charge in [0, 0.05) is 7.05 Å². The van der Waals surface area contributed by atoms with Crippen LogP contribution in [0.15, 0.2) is 0 Å². The van der Waals surface area contributed by atoms with Gasteiger partial charge in [0.2, 0.25) is 0 Å². The maximum atomic E-state index is 5.08. The van der Waals surface area contributed by atoms with Crippen molar-refractivity contribution in [1.82, 2.24) is 5.32 Å². The number of hydrogen-bond acceptors (Lipinski definition) is 1. The van der Waals surface area contributed by atoms with Crippen LogP contribution in [0, 0.1) is 5.92 Å². The lowest BCUT2D eigenvalue weighted by Crippen LogP contribution is -2.15. The zero-order valence-electron chi connectivity index (χ0n) is 7.23. The minimum atomic E-state index is 0.973. The molecule has 0 bridgehead atoms. The van der Waals surface area contributed by atoms with E-state index in [-0.39, 0.29) is 0 Å². The fourth-order valence-corrected chi connectivity index (χ4v) is 1.88. The number of hydrogen-bond donors (Lipinski definition) is 1. The Balaban J connectivity index is 2.06. The maximum absolute atomic E-state index is 5.08. The van der Waals surface area contributed by atoms with Crippen molar-refractivity contribution < 1.29 is 0 Å². The topological polar surface area (TPSA) is 12.0 Å². The van der Waals surface area contributed by atoms with Crippen LogP contribution in [-0.2, 0) is 0 Å². The average molecular weight is 171 g/mol. The minimum absolute atomic E-state index is 0.973. The van der Waals surface area contributed by atoms with Gasteiger partial charge < -0.3 is 5.32 Å². The van der Waals surface area contributed by atoms with Gasteiger partial charge in [-0.15, -0.1) is 0 Å². The Labute approximate surface area is 74.6 Å². The van der Waals surface area contributed by atoms with Crippen LogP contribution in [0.2, 0.25) is 0 Å². The van der Waals surface area contributed by atoms with Crippen molar-refractivity contribution in [1.29, 1.82) is 0 Å². The summed E-state index contributed by atoms with van der Waals surface area (Å²) < 4.78 is 0. The smallest absolute Gasteiger partial charge is 0.0750 e. The van der Waals surface area contributed by atoms with E-state index in [1.807, 2.05) is 7.05 Å². The molecule has 1 N–H and O–H groups in total. The van der Waals surface area contributed by atoms with E-state index in [4.69, 9.17) is 12.2 Å². The maximum Gasteiger partial charge on any atom is 0.0750 e. The molecule has 0 aliphatic heterocycles. The van der Waals surface area contributed by atoms with E-state index in [2.05, 4.69) is 5.32 Å². The zero-order valence-corrected chi connectivity index (χ0v) is 8.04. The number of nitrogens with one attached hydrogen (secondary N) is 1. The van der Waals surface area contributed by atoms with Gasteiger partial charge in [0.1, 0.15) is 0 Å². The van der Waals surface area contributed by atoms with Crippen molar-refractivity contribution in [3.05, 3.63) is 0 Å². The molecule has 0 aromatic carbocycles. The van der Waals surface area contributed by atoms with Crippen LogP contribution >= 0.6 is 12.2 Å². The molecule has 0 unspecified atom stereocenters. The molecule has 0 heterocycles. The van der Waals surface area contributed by atoms with Gasteiger partial charge in [-0.05, 0) is 18.8 Å². The Kier molecular flexibility index (Phi) is 3.84. The van der Waals surface area contributed by atoms with Gasteiger partial charge in [-0.2, -0.15) is 0 Å². The van der Waals surface area contributed by atoms with E-state index in [1.165, 1.54) is 32.1 Å². The lowest BCUT2D eigenvalue weighted by atomic mass is 10.0. The third-order valence-corrected chi connectivity index (χ3v) is 2.94. The first kappa shape index (κ1) is 8.98. The second kappa shape index (κ2) is 4.70. The molecule has 1 saturated carbocycles. The van der Waals surface area contributed by atoms with Gasteiger partial charge in [0.15, 0.2) is 0 Å². The summed E-state index contributed by atoms with van der Waals surface area (Å²) in [6, 6.07) is 0. The van der Waals surface area contributed by atoms with E-state index >= 15 is 0 Å². The lowest BCUT2D eigenvalue weighted by Gasteiger charge is -2.08. The molecule has 1 nitrogen and oxygen atoms in total. The normalized spacial score (nSPS) is 18.6. The largest absolute Gasteiger partial charge is 0.383 e. The van der Waals surface area contributed by atoms with Crippen LogP contribution in [0.5, 0.6) is 0 Å². The molecule has 1 aliphatic rings. The molecule has 64 valence electrons. The standard InChI is InChI=1S/C9H17NS/c1-10-9(11)7-6-8-4-2-3-5-8/h8H,2-7H2,1H3,(H,10,11). The molecule has 1 rings (SSSR count). The Hall–Kier alpha value is -0.110. The van der Waals surface area contributed by atoms with E-state index in [9.17, 15) is 0 Å². The highest BCUT2D eigenvalue weighted by Gasteiger charge is 2.14. The second-order valence-corrected chi connectivity index (χ2v) is 3.86. The monoisotopic (exact) mass is 171 g/mol. The fourth-order valence-electron chi connectivity index (χ4n) is 1.76. The summed E-state index contributed by atoms with van der Waals surface area (Å²) in [7, 11) is 1.91. The number of rotatable bonds is 3. The van der Waals surface area contributed by atoms with Crippen molar-refractivity contribution >= 4 is 17.2 Å². The molecule has 0 aromatic heterocycles. The number of thiocarbonyl (C=S) groups is 1. The SMILES string of the molecule is CNC(=S)CCC1CCCC1. The molecule has 0 saturated heterocycles. The Morgan fingerprint density at radius 2 is 2.09 bits per heavy atom. The molecule has 0 aromatic rings. The third-order valence-electron chi connectivity index (χ3n) is 2.53. The first-order valence-corrected chi connectivity index (χ1v) is 4.94. The molecular weight excluding hydrogens is 154 g/mol. The van der Waals surface area contributed by atoms with Crippen molar-refractivity contribution in [2.75, 3.05) is 7.05 Å². The molecular formula is C9H17NS. The minimum Gasteiger partial charge on any atom is -0.383 e. The van der Waals surface area contributed by atoms with E-state index in [0.717, 1.165) is 17.3 Å². The Morgan fingerprint density at radius 3 is 2.64 bits per heavy atom. The Bertz CT molecular complexity index is 128. The highest BCUT2D eigenvalue weighted by atomic mass is 32.1. The average Bonchev–Trinajstić information content (AvgIpc) is 2.52. The summed E-state index contributed by atoms with van der Waals surface area (Å²) in [5.41, 5.74) is 0. The van der Waals surface area contributed by atoms with Gasteiger partial charge in [-0.3, -0.25) is 0 Å². The molecule has 0 amide bonds. The van der Waals surface area contributed by atoms with Crippen LogP contribution in [0.4, 0.5) is 0 Å². The van der Waals surface area contributed by atoms with Crippen molar-refractivity contribution in [2.24, 2.45) is 5.92 Å². The summed E-state index contributed by atoms with van der Waals surface area (Å²) in [4.78, 5) is 1.02. The summed E-state index contributed by atoms with van der Waals surface area (Å²) >= 11 is 5.08. The van der Waals surface area contributed by atoms with Gasteiger partial charge in [0.25, 0.3) is 0 Å². The van der Waals surface area contributed by atoms with Crippen molar-refractivity contribution in [2.45, 2.75) is 38.5 Å². The predicted octanol–water partition coefficient (Wildman–Crippen LogP) is 2.50. The van der Waals surface area contributed by atoms with Gasteiger partial charge >= 0.3 is 0 Å². The van der Waals surface area contributed by atoms with Crippen molar-refractivity contribution in [3.63, 3.8) is 0 Å². The molecule has 0 spiro atoms. The summed E-state index contributed by atoms with van der Waals surface area (Å²) in [5.74, 6) is 0.973. The summed E-state index contributed by atoms with van der Waals surface area (Å²) in [6.45, 7) is 0. The predicted molar refractivity (Wildman–Crippen MR) is 52.8 cm³/mol. The quantitative estimate of drug-likeness (QED) is 0.655. The van der Waals surface area contributed by atoms with Crippen LogP contribution in [0.25, 0.3) is 0 Å². The lowest BCUT2D eigenvalue weighted by molar-refractivity contribution is 0.514. The molecule has 0 atom stereocenters. The first-order chi connectivity index (χ1) is 5.33. The molecule has 1 aliphatic carbocycles. The van der Waals surface area contributed by atoms with Crippen molar-refractivity contribution in [3.8, 4) is 0 Å². The van der Waals surface area contributed by atoms with Crippen LogP contribution in [0.1, 0.15) is 38.5 Å². The van der Waals surface area contributed by atoms with Crippen LogP contribution in [0.3, 0.4) is 0 Å². The van der Waals surface area contributed by atoms with Crippen LogP contribution < -0.4 is 5.32 Å². The fraction of sp³-hybridized carbons (Fsp3) is 0.889. The van der Waals surface area contributed by atoms with E-state index in [0.29, 0.717) is 0 Å². The summed E-state index contributed by atoms with van der Waals surface area (Å²) in [6.07, 6.45) is 8.16. The molecule has 2 heteroatoms. The van der Waals surface area contributed by atoms with E-state index < -0.39 is 0 Å². The highest BCUT2D eigenvalue weighted by molar-refractivity contribution is 7.80. The first-order valence-electron chi connectivity index (χ1n) is 4.53. The molecule has 11 heavy (non-hydrogen) atoms. The van der Waals surface area contributed by atoms with Gasteiger partial charge in [-0.25, -0.2) is 0 Å². The summed E-state index contributed by atoms with van der Waals surface area (Å²) in [5, 5.41) is 3.02. The highest BCUT2D eigenvalue weighted by Crippen LogP contribution is 2.28. The van der Waals surface area contributed by atoms with Gasteiger partial charge in [-0.1, -0.05) is 37.9 Å².